The third-order valence-electron chi connectivity index (χ3n) is 3.77. The van der Waals surface area contributed by atoms with Gasteiger partial charge in [-0.25, -0.2) is 4.68 Å². The van der Waals surface area contributed by atoms with Gasteiger partial charge in [0.25, 0.3) is 0 Å². The van der Waals surface area contributed by atoms with Crippen LogP contribution in [0.1, 0.15) is 30.9 Å². The van der Waals surface area contributed by atoms with E-state index >= 15 is 0 Å². The van der Waals surface area contributed by atoms with Crippen LogP contribution in [0.2, 0.25) is 0 Å². The number of aromatic nitrogens is 3. The molecule has 0 spiro atoms. The van der Waals surface area contributed by atoms with Gasteiger partial charge in [0.05, 0.1) is 12.7 Å². The lowest BCUT2D eigenvalue weighted by molar-refractivity contribution is 0.404. The molecule has 1 aromatic heterocycles. The minimum absolute atomic E-state index is 0.147. The normalized spacial score (nSPS) is 11.1. The van der Waals surface area contributed by atoms with E-state index in [2.05, 4.69) is 48.4 Å². The zero-order valence-electron chi connectivity index (χ0n) is 13.1. The smallest absolute Gasteiger partial charge is 0.158 e. The largest absolute Gasteiger partial charge is 0.504 e. The highest BCUT2D eigenvalue weighted by molar-refractivity contribution is 5.62. The average molecular weight is 309 g/mol. The number of aromatic hydroxyl groups is 2. The highest BCUT2D eigenvalue weighted by Gasteiger charge is 2.08. The van der Waals surface area contributed by atoms with Gasteiger partial charge >= 0.3 is 0 Å². The first-order valence-corrected chi connectivity index (χ1v) is 7.54. The molecule has 3 rings (SSSR count). The lowest BCUT2D eigenvalue weighted by Crippen LogP contribution is -2.01. The third-order valence-corrected chi connectivity index (χ3v) is 3.77. The lowest BCUT2D eigenvalue weighted by atomic mass is 10.0. The van der Waals surface area contributed by atoms with Gasteiger partial charge in [0.2, 0.25) is 0 Å². The van der Waals surface area contributed by atoms with Gasteiger partial charge in [0.15, 0.2) is 11.5 Å². The molecule has 0 radical (unpaired) electrons. The van der Waals surface area contributed by atoms with E-state index in [0.29, 0.717) is 23.7 Å². The number of nitrogens with zero attached hydrogens (tertiary/aromatic N) is 3. The Balaban J connectivity index is 1.82. The predicted octanol–water partition coefficient (Wildman–Crippen LogP) is 3.53. The molecule has 2 N–H and O–H groups in total. The van der Waals surface area contributed by atoms with Crippen LogP contribution in [0, 0.1) is 0 Å². The minimum Gasteiger partial charge on any atom is -0.504 e. The van der Waals surface area contributed by atoms with Crippen molar-refractivity contribution in [2.24, 2.45) is 0 Å². The Labute approximate surface area is 134 Å². The first-order valence-electron chi connectivity index (χ1n) is 7.54. The summed E-state index contributed by atoms with van der Waals surface area (Å²) in [4.78, 5) is 0. The highest BCUT2D eigenvalue weighted by Crippen LogP contribution is 2.29. The van der Waals surface area contributed by atoms with Gasteiger partial charge in [-0.05, 0) is 35.2 Å². The minimum atomic E-state index is -0.165. The van der Waals surface area contributed by atoms with E-state index in [-0.39, 0.29) is 11.5 Å². The molecule has 0 fully saturated rings. The van der Waals surface area contributed by atoms with Crippen LogP contribution in [-0.4, -0.2) is 25.2 Å². The summed E-state index contributed by atoms with van der Waals surface area (Å²) in [5.41, 5.74) is 3.83. The van der Waals surface area contributed by atoms with Crippen molar-refractivity contribution in [2.75, 3.05) is 0 Å². The Morgan fingerprint density at radius 3 is 2.61 bits per heavy atom. The van der Waals surface area contributed by atoms with E-state index in [0.717, 1.165) is 0 Å². The first kappa shape index (κ1) is 15.1. The fraction of sp³-hybridized carbons (Fsp3) is 0.222. The van der Waals surface area contributed by atoms with Crippen LogP contribution in [0.15, 0.2) is 48.7 Å². The molecule has 0 unspecified atom stereocenters. The SMILES string of the molecule is CC(C)c1cccc(Cn2cc(-c3ccc(O)c(O)c3)nn2)c1. The summed E-state index contributed by atoms with van der Waals surface area (Å²) >= 11 is 0. The van der Waals surface area contributed by atoms with Crippen LogP contribution >= 0.6 is 0 Å². The standard InChI is InChI=1S/C18H19N3O2/c1-12(2)14-5-3-4-13(8-14)10-21-11-16(19-20-21)15-6-7-17(22)18(23)9-15/h3-9,11-12,22-23H,10H2,1-2H3. The molecule has 5 nitrogen and oxygen atoms in total. The predicted molar refractivity (Wildman–Crippen MR) is 88.4 cm³/mol. The monoisotopic (exact) mass is 309 g/mol. The Hall–Kier alpha value is -2.82. The molecule has 0 aliphatic heterocycles. The first-order chi connectivity index (χ1) is 11.0. The van der Waals surface area contributed by atoms with Crippen LogP contribution < -0.4 is 0 Å². The van der Waals surface area contributed by atoms with Crippen LogP contribution in [0.3, 0.4) is 0 Å². The Morgan fingerprint density at radius 2 is 1.87 bits per heavy atom. The van der Waals surface area contributed by atoms with Crippen molar-refractivity contribution in [1.82, 2.24) is 15.0 Å². The topological polar surface area (TPSA) is 71.2 Å². The average Bonchev–Trinajstić information content (AvgIpc) is 2.99. The molecule has 3 aromatic rings. The zero-order valence-corrected chi connectivity index (χ0v) is 13.1. The van der Waals surface area contributed by atoms with Gasteiger partial charge < -0.3 is 10.2 Å². The van der Waals surface area contributed by atoms with Crippen molar-refractivity contribution in [2.45, 2.75) is 26.3 Å². The molecule has 0 bridgehead atoms. The summed E-state index contributed by atoms with van der Waals surface area (Å²) in [6.45, 7) is 4.98. The molecule has 2 aromatic carbocycles. The molecule has 1 heterocycles. The Kier molecular flexibility index (Phi) is 4.02. The van der Waals surface area contributed by atoms with Gasteiger partial charge in [-0.2, -0.15) is 0 Å². The quantitative estimate of drug-likeness (QED) is 0.723. The van der Waals surface area contributed by atoms with Gasteiger partial charge in [-0.1, -0.05) is 43.3 Å². The number of phenols is 2. The maximum Gasteiger partial charge on any atom is 0.158 e. The van der Waals surface area contributed by atoms with E-state index in [9.17, 15) is 10.2 Å². The number of hydrogen-bond acceptors (Lipinski definition) is 4. The second kappa shape index (κ2) is 6.12. The summed E-state index contributed by atoms with van der Waals surface area (Å²) in [7, 11) is 0. The highest BCUT2D eigenvalue weighted by atomic mass is 16.3. The summed E-state index contributed by atoms with van der Waals surface area (Å²) in [5.74, 6) is 0.176. The number of phenolic OH excluding ortho intramolecular Hbond substituents is 2. The molecule has 0 amide bonds. The van der Waals surface area contributed by atoms with Crippen molar-refractivity contribution in [1.29, 1.82) is 0 Å². The van der Waals surface area contributed by atoms with Crippen molar-refractivity contribution < 1.29 is 10.2 Å². The maximum absolute atomic E-state index is 9.58. The summed E-state index contributed by atoms with van der Waals surface area (Å²) in [6, 6.07) is 13.0. The van der Waals surface area contributed by atoms with Crippen LogP contribution in [-0.2, 0) is 6.54 Å². The molecule has 0 aliphatic carbocycles. The summed E-state index contributed by atoms with van der Waals surface area (Å²) in [6.07, 6.45) is 1.83. The second-order valence-electron chi connectivity index (χ2n) is 5.90. The fourth-order valence-corrected chi connectivity index (χ4v) is 2.43. The van der Waals surface area contributed by atoms with E-state index in [1.54, 1.807) is 10.7 Å². The fourth-order valence-electron chi connectivity index (χ4n) is 2.43. The van der Waals surface area contributed by atoms with Crippen molar-refractivity contribution in [3.8, 4) is 22.8 Å². The van der Waals surface area contributed by atoms with Gasteiger partial charge in [0, 0.05) is 5.56 Å². The van der Waals surface area contributed by atoms with Gasteiger partial charge in [0.1, 0.15) is 5.69 Å². The maximum atomic E-state index is 9.58. The number of rotatable bonds is 4. The molecule has 0 saturated carbocycles. The third kappa shape index (κ3) is 3.34. The van der Waals surface area contributed by atoms with Crippen molar-refractivity contribution >= 4 is 0 Å². The van der Waals surface area contributed by atoms with E-state index in [1.807, 2.05) is 6.20 Å². The van der Waals surface area contributed by atoms with E-state index in [1.165, 1.54) is 23.3 Å². The van der Waals surface area contributed by atoms with Gasteiger partial charge in [-0.15, -0.1) is 5.10 Å². The van der Waals surface area contributed by atoms with Crippen LogP contribution in [0.25, 0.3) is 11.3 Å². The summed E-state index contributed by atoms with van der Waals surface area (Å²) in [5, 5.41) is 27.2. The number of benzene rings is 2. The zero-order chi connectivity index (χ0) is 16.4. The Morgan fingerprint density at radius 1 is 1.04 bits per heavy atom. The molecule has 5 heteroatoms. The van der Waals surface area contributed by atoms with Crippen LogP contribution in [0.4, 0.5) is 0 Å². The molecule has 0 aliphatic rings. The number of hydrogen-bond donors (Lipinski definition) is 2. The Bertz CT molecular complexity index is 825. The summed E-state index contributed by atoms with van der Waals surface area (Å²) < 4.78 is 1.76. The van der Waals surface area contributed by atoms with Gasteiger partial charge in [-0.3, -0.25) is 0 Å². The van der Waals surface area contributed by atoms with Crippen molar-refractivity contribution in [3.05, 3.63) is 59.8 Å². The van der Waals surface area contributed by atoms with Crippen LogP contribution in [0.5, 0.6) is 11.5 Å². The molecule has 0 atom stereocenters. The second-order valence-corrected chi connectivity index (χ2v) is 5.90. The molecular formula is C18H19N3O2. The molecule has 0 saturated heterocycles. The van der Waals surface area contributed by atoms with Crippen molar-refractivity contribution in [3.63, 3.8) is 0 Å². The van der Waals surface area contributed by atoms with E-state index < -0.39 is 0 Å². The molecule has 118 valence electrons. The lowest BCUT2D eigenvalue weighted by Gasteiger charge is -2.07. The van der Waals surface area contributed by atoms with E-state index in [4.69, 9.17) is 0 Å². The molecular weight excluding hydrogens is 290 g/mol. The molecule has 23 heavy (non-hydrogen) atoms.